The Hall–Kier alpha value is -2.21. The van der Waals surface area contributed by atoms with Crippen LogP contribution in [0.4, 0.5) is 0 Å². The number of nitrogens with one attached hydrogen (secondary N) is 1. The van der Waals surface area contributed by atoms with Gasteiger partial charge in [-0.25, -0.2) is 0 Å². The number of amides is 1. The molecule has 0 saturated carbocycles. The number of hydrogen-bond acceptors (Lipinski definition) is 4. The fourth-order valence-electron chi connectivity index (χ4n) is 2.40. The van der Waals surface area contributed by atoms with Crippen LogP contribution < -0.4 is 19.5 Å². The molecule has 0 aliphatic heterocycles. The van der Waals surface area contributed by atoms with E-state index in [1.165, 1.54) is 21.3 Å². The van der Waals surface area contributed by atoms with Gasteiger partial charge in [-0.05, 0) is 30.7 Å². The minimum absolute atomic E-state index is 0.160. The van der Waals surface area contributed by atoms with Crippen molar-refractivity contribution in [3.63, 3.8) is 0 Å². The topological polar surface area (TPSA) is 56.8 Å². The molecule has 0 bridgehead atoms. The molecule has 5 nitrogen and oxygen atoms in total. The average Bonchev–Trinajstić information content (AvgIpc) is 2.60. The van der Waals surface area contributed by atoms with E-state index >= 15 is 0 Å². The molecule has 0 fully saturated rings. The predicted molar refractivity (Wildman–Crippen MR) is 96.1 cm³/mol. The molecule has 2 aromatic carbocycles. The Morgan fingerprint density at radius 1 is 1.04 bits per heavy atom. The number of hydrogen-bond donors (Lipinski definition) is 1. The Morgan fingerprint density at radius 3 is 2.12 bits per heavy atom. The minimum atomic E-state index is -0.225. The second kappa shape index (κ2) is 8.06. The predicted octanol–water partition coefficient (Wildman–Crippen LogP) is 3.97. The van der Waals surface area contributed by atoms with Gasteiger partial charge in [-0.1, -0.05) is 34.1 Å². The van der Waals surface area contributed by atoms with Crippen LogP contribution in [0.2, 0.25) is 0 Å². The minimum Gasteiger partial charge on any atom is -0.493 e. The fourth-order valence-corrected chi connectivity index (χ4v) is 3.02. The van der Waals surface area contributed by atoms with Crippen LogP contribution in [0.25, 0.3) is 0 Å². The molecule has 2 aromatic rings. The zero-order valence-electron chi connectivity index (χ0n) is 14.1. The van der Waals surface area contributed by atoms with E-state index < -0.39 is 0 Å². The normalized spacial score (nSPS) is 11.5. The molecule has 1 N–H and O–H groups in total. The largest absolute Gasteiger partial charge is 0.493 e. The van der Waals surface area contributed by atoms with Crippen molar-refractivity contribution in [3.05, 3.63) is 52.0 Å². The Bertz CT molecular complexity index is 708. The van der Waals surface area contributed by atoms with Gasteiger partial charge in [0.25, 0.3) is 5.91 Å². The molecule has 0 spiro atoms. The van der Waals surface area contributed by atoms with Crippen LogP contribution in [0.3, 0.4) is 0 Å². The van der Waals surface area contributed by atoms with E-state index in [-0.39, 0.29) is 11.9 Å². The highest BCUT2D eigenvalue weighted by molar-refractivity contribution is 9.10. The summed E-state index contributed by atoms with van der Waals surface area (Å²) < 4.78 is 16.8. The first kappa shape index (κ1) is 18.1. The van der Waals surface area contributed by atoms with Crippen molar-refractivity contribution < 1.29 is 19.0 Å². The van der Waals surface area contributed by atoms with E-state index in [2.05, 4.69) is 21.2 Å². The maximum absolute atomic E-state index is 12.6. The van der Waals surface area contributed by atoms with Crippen molar-refractivity contribution in [1.29, 1.82) is 0 Å². The summed E-state index contributed by atoms with van der Waals surface area (Å²) in [7, 11) is 4.56. The molecule has 0 aliphatic rings. The number of benzene rings is 2. The van der Waals surface area contributed by atoms with E-state index in [9.17, 15) is 4.79 Å². The molecule has 1 amide bonds. The van der Waals surface area contributed by atoms with E-state index in [0.29, 0.717) is 22.8 Å². The van der Waals surface area contributed by atoms with Gasteiger partial charge < -0.3 is 19.5 Å². The van der Waals surface area contributed by atoms with Crippen molar-refractivity contribution >= 4 is 21.8 Å². The van der Waals surface area contributed by atoms with Gasteiger partial charge in [0.15, 0.2) is 11.5 Å². The molecule has 0 saturated heterocycles. The van der Waals surface area contributed by atoms with E-state index in [0.717, 1.165) is 10.0 Å². The number of carbonyl (C=O) groups is 1. The number of ether oxygens (including phenoxy) is 3. The SMILES string of the molecule is COc1cc(C(=O)NC(C)c2ccccc2Br)cc(OC)c1OC. The lowest BCUT2D eigenvalue weighted by atomic mass is 10.1. The van der Waals surface area contributed by atoms with Crippen LogP contribution in [0.5, 0.6) is 17.2 Å². The van der Waals surface area contributed by atoms with Crippen molar-refractivity contribution in [2.24, 2.45) is 0 Å². The van der Waals surface area contributed by atoms with Gasteiger partial charge in [-0.15, -0.1) is 0 Å². The van der Waals surface area contributed by atoms with E-state index in [1.54, 1.807) is 12.1 Å². The lowest BCUT2D eigenvalue weighted by Crippen LogP contribution is -2.27. The zero-order chi connectivity index (χ0) is 17.7. The van der Waals surface area contributed by atoms with Crippen LogP contribution in [0.1, 0.15) is 28.9 Å². The van der Waals surface area contributed by atoms with Crippen LogP contribution in [0, 0.1) is 0 Å². The second-order valence-corrected chi connectivity index (χ2v) is 5.99. The summed E-state index contributed by atoms with van der Waals surface area (Å²) in [6.45, 7) is 1.93. The van der Waals surface area contributed by atoms with Gasteiger partial charge in [0.05, 0.1) is 27.4 Å². The Balaban J connectivity index is 2.28. The molecule has 0 radical (unpaired) electrons. The standard InChI is InChI=1S/C18H20BrNO4/c1-11(13-7-5-6-8-14(13)19)20-18(21)12-9-15(22-2)17(24-4)16(10-12)23-3/h5-11H,1-4H3,(H,20,21). The lowest BCUT2D eigenvalue weighted by Gasteiger charge is -2.17. The maximum atomic E-state index is 12.6. The number of carbonyl (C=O) groups excluding carboxylic acids is 1. The van der Waals surface area contributed by atoms with E-state index in [1.807, 2.05) is 31.2 Å². The molecule has 1 unspecified atom stereocenters. The Morgan fingerprint density at radius 2 is 1.62 bits per heavy atom. The summed E-state index contributed by atoms with van der Waals surface area (Å²) in [4.78, 5) is 12.6. The van der Waals surface area contributed by atoms with Crippen LogP contribution >= 0.6 is 15.9 Å². The Kier molecular flexibility index (Phi) is 6.09. The number of halogens is 1. The first-order chi connectivity index (χ1) is 11.5. The summed E-state index contributed by atoms with van der Waals surface area (Å²) in [6.07, 6.45) is 0. The third kappa shape index (κ3) is 3.82. The van der Waals surface area contributed by atoms with Gasteiger partial charge in [-0.2, -0.15) is 0 Å². The van der Waals surface area contributed by atoms with Gasteiger partial charge in [0, 0.05) is 10.0 Å². The highest BCUT2D eigenvalue weighted by Crippen LogP contribution is 2.38. The van der Waals surface area contributed by atoms with Crippen LogP contribution in [-0.4, -0.2) is 27.2 Å². The summed E-state index contributed by atoms with van der Waals surface area (Å²) in [6, 6.07) is 10.9. The molecular formula is C18H20BrNO4. The first-order valence-electron chi connectivity index (χ1n) is 7.37. The molecule has 0 heterocycles. The molecular weight excluding hydrogens is 374 g/mol. The third-order valence-electron chi connectivity index (χ3n) is 3.65. The number of methoxy groups -OCH3 is 3. The lowest BCUT2D eigenvalue weighted by molar-refractivity contribution is 0.0939. The van der Waals surface area contributed by atoms with Crippen molar-refractivity contribution in [2.45, 2.75) is 13.0 Å². The van der Waals surface area contributed by atoms with Gasteiger partial charge in [-0.3, -0.25) is 4.79 Å². The third-order valence-corrected chi connectivity index (χ3v) is 4.37. The maximum Gasteiger partial charge on any atom is 0.252 e. The Labute approximate surface area is 150 Å². The summed E-state index contributed by atoms with van der Waals surface area (Å²) in [5.74, 6) is 1.11. The molecule has 0 aromatic heterocycles. The smallest absolute Gasteiger partial charge is 0.252 e. The zero-order valence-corrected chi connectivity index (χ0v) is 15.6. The molecule has 24 heavy (non-hydrogen) atoms. The van der Waals surface area contributed by atoms with Gasteiger partial charge >= 0.3 is 0 Å². The van der Waals surface area contributed by atoms with Gasteiger partial charge in [0.1, 0.15) is 0 Å². The molecule has 2 rings (SSSR count). The fraction of sp³-hybridized carbons (Fsp3) is 0.278. The summed E-state index contributed by atoms with van der Waals surface area (Å²) in [5.41, 5.74) is 1.43. The second-order valence-electron chi connectivity index (χ2n) is 5.13. The van der Waals surface area contributed by atoms with Crippen LogP contribution in [-0.2, 0) is 0 Å². The number of rotatable bonds is 6. The molecule has 128 valence electrons. The highest BCUT2D eigenvalue weighted by Gasteiger charge is 2.19. The molecule has 6 heteroatoms. The van der Waals surface area contributed by atoms with E-state index in [4.69, 9.17) is 14.2 Å². The average molecular weight is 394 g/mol. The first-order valence-corrected chi connectivity index (χ1v) is 8.16. The summed E-state index contributed by atoms with van der Waals surface area (Å²) in [5, 5.41) is 2.97. The van der Waals surface area contributed by atoms with Crippen molar-refractivity contribution in [2.75, 3.05) is 21.3 Å². The van der Waals surface area contributed by atoms with Gasteiger partial charge in [0.2, 0.25) is 5.75 Å². The molecule has 0 aliphatic carbocycles. The molecule has 1 atom stereocenters. The monoisotopic (exact) mass is 393 g/mol. The highest BCUT2D eigenvalue weighted by atomic mass is 79.9. The summed E-state index contributed by atoms with van der Waals surface area (Å²) >= 11 is 3.50. The quantitative estimate of drug-likeness (QED) is 0.806. The van der Waals surface area contributed by atoms with Crippen molar-refractivity contribution in [1.82, 2.24) is 5.32 Å². The van der Waals surface area contributed by atoms with Crippen molar-refractivity contribution in [3.8, 4) is 17.2 Å². The van der Waals surface area contributed by atoms with Crippen LogP contribution in [0.15, 0.2) is 40.9 Å².